The fraction of sp³-hybridized carbons (Fsp3) is 0.833. The maximum absolute atomic E-state index is 6.45. The molecule has 1 aliphatic carbocycles. The van der Waals surface area contributed by atoms with Crippen molar-refractivity contribution in [2.75, 3.05) is 0 Å². The summed E-state index contributed by atoms with van der Waals surface area (Å²) in [5.41, 5.74) is 6.07. The van der Waals surface area contributed by atoms with Crippen molar-refractivity contribution >= 4 is 0 Å². The molecule has 2 rings (SSSR count). The number of rotatable bonds is 2. The number of hydrogen-bond donors (Lipinski definition) is 1. The summed E-state index contributed by atoms with van der Waals surface area (Å²) in [4.78, 5) is 4.45. The first-order valence-corrected chi connectivity index (χ1v) is 6.17. The van der Waals surface area contributed by atoms with Gasteiger partial charge < -0.3 is 10.3 Å². The maximum Gasteiger partial charge on any atom is 0.229 e. The van der Waals surface area contributed by atoms with Crippen molar-refractivity contribution in [3.05, 3.63) is 11.7 Å². The summed E-state index contributed by atoms with van der Waals surface area (Å²) in [6.07, 6.45) is 4.54. The predicted molar refractivity (Wildman–Crippen MR) is 61.9 cm³/mol. The second kappa shape index (κ2) is 4.17. The number of nitrogens with two attached hydrogens (primary N) is 1. The van der Waals surface area contributed by atoms with E-state index in [9.17, 15) is 0 Å². The average Bonchev–Trinajstić information content (AvgIpc) is 2.72. The lowest BCUT2D eigenvalue weighted by atomic mass is 9.74. The van der Waals surface area contributed by atoms with Gasteiger partial charge in [0.25, 0.3) is 0 Å². The van der Waals surface area contributed by atoms with E-state index in [1.807, 2.05) is 13.8 Å². The lowest BCUT2D eigenvalue weighted by molar-refractivity contribution is 0.189. The van der Waals surface area contributed by atoms with Crippen molar-refractivity contribution in [1.29, 1.82) is 0 Å². The quantitative estimate of drug-likeness (QED) is 0.836. The third-order valence-corrected chi connectivity index (χ3v) is 3.71. The standard InChI is InChI=1S/C12H21N3O/c1-8(2)10-14-11(15-16-10)12(13)7-5-4-6-9(12)3/h8-9H,4-7,13H2,1-3H3. The molecular weight excluding hydrogens is 202 g/mol. The number of hydrogen-bond acceptors (Lipinski definition) is 4. The topological polar surface area (TPSA) is 64.9 Å². The van der Waals surface area contributed by atoms with Gasteiger partial charge in [0.05, 0.1) is 5.54 Å². The Balaban J connectivity index is 2.27. The average molecular weight is 223 g/mol. The molecule has 0 saturated heterocycles. The first-order chi connectivity index (χ1) is 7.54. The van der Waals surface area contributed by atoms with Crippen molar-refractivity contribution in [2.45, 2.75) is 57.9 Å². The molecule has 1 heterocycles. The minimum atomic E-state index is -0.380. The second-order valence-corrected chi connectivity index (χ2v) is 5.30. The van der Waals surface area contributed by atoms with Crippen LogP contribution < -0.4 is 5.73 Å². The van der Waals surface area contributed by atoms with E-state index < -0.39 is 0 Å². The Morgan fingerprint density at radius 2 is 2.19 bits per heavy atom. The third kappa shape index (κ3) is 1.86. The molecule has 16 heavy (non-hydrogen) atoms. The Hall–Kier alpha value is -0.900. The van der Waals surface area contributed by atoms with Crippen LogP contribution in [0.4, 0.5) is 0 Å². The summed E-state index contributed by atoms with van der Waals surface area (Å²) in [6, 6.07) is 0. The van der Waals surface area contributed by atoms with Gasteiger partial charge in [0.15, 0.2) is 5.82 Å². The van der Waals surface area contributed by atoms with E-state index in [2.05, 4.69) is 17.1 Å². The number of nitrogens with zero attached hydrogens (tertiary/aromatic N) is 2. The van der Waals surface area contributed by atoms with Crippen molar-refractivity contribution in [3.63, 3.8) is 0 Å². The van der Waals surface area contributed by atoms with Crippen LogP contribution in [0.3, 0.4) is 0 Å². The Kier molecular flexibility index (Phi) is 3.02. The van der Waals surface area contributed by atoms with Gasteiger partial charge in [-0.1, -0.05) is 38.8 Å². The molecule has 4 nitrogen and oxygen atoms in total. The molecule has 90 valence electrons. The molecule has 0 amide bonds. The third-order valence-electron chi connectivity index (χ3n) is 3.71. The number of aromatic nitrogens is 2. The monoisotopic (exact) mass is 223 g/mol. The van der Waals surface area contributed by atoms with Crippen LogP contribution in [0.2, 0.25) is 0 Å². The highest BCUT2D eigenvalue weighted by molar-refractivity contribution is 5.08. The zero-order chi connectivity index (χ0) is 11.8. The first kappa shape index (κ1) is 11.6. The molecule has 1 aromatic heterocycles. The molecule has 0 aromatic carbocycles. The lowest BCUT2D eigenvalue weighted by Gasteiger charge is -2.36. The minimum Gasteiger partial charge on any atom is -0.339 e. The van der Waals surface area contributed by atoms with Crippen LogP contribution in [-0.2, 0) is 5.54 Å². The van der Waals surface area contributed by atoms with E-state index in [4.69, 9.17) is 10.3 Å². The predicted octanol–water partition coefficient (Wildman–Crippen LogP) is 2.56. The van der Waals surface area contributed by atoms with E-state index in [1.165, 1.54) is 6.42 Å². The van der Waals surface area contributed by atoms with E-state index >= 15 is 0 Å². The van der Waals surface area contributed by atoms with Crippen molar-refractivity contribution in [2.24, 2.45) is 11.7 Å². The molecule has 2 N–H and O–H groups in total. The zero-order valence-corrected chi connectivity index (χ0v) is 10.4. The molecule has 1 aliphatic rings. The Morgan fingerprint density at radius 1 is 1.44 bits per heavy atom. The van der Waals surface area contributed by atoms with Crippen LogP contribution in [-0.4, -0.2) is 10.1 Å². The molecule has 1 aromatic rings. The molecule has 0 radical (unpaired) electrons. The van der Waals surface area contributed by atoms with Crippen molar-refractivity contribution in [3.8, 4) is 0 Å². The Morgan fingerprint density at radius 3 is 2.75 bits per heavy atom. The van der Waals surface area contributed by atoms with E-state index in [0.29, 0.717) is 17.6 Å². The Bertz CT molecular complexity index is 361. The van der Waals surface area contributed by atoms with Gasteiger partial charge in [-0.25, -0.2) is 0 Å². The van der Waals surface area contributed by atoms with E-state index in [-0.39, 0.29) is 11.5 Å². The van der Waals surface area contributed by atoms with Gasteiger partial charge in [0.1, 0.15) is 0 Å². The van der Waals surface area contributed by atoms with Crippen LogP contribution >= 0.6 is 0 Å². The highest BCUT2D eigenvalue weighted by atomic mass is 16.5. The van der Waals surface area contributed by atoms with Gasteiger partial charge in [-0.15, -0.1) is 0 Å². The van der Waals surface area contributed by atoms with Crippen LogP contribution in [0.1, 0.15) is 64.1 Å². The molecular formula is C12H21N3O. The molecule has 4 heteroatoms. The SMILES string of the molecule is CC(C)c1nc(C2(N)CCCCC2C)no1. The van der Waals surface area contributed by atoms with Crippen LogP contribution in [0.25, 0.3) is 0 Å². The lowest BCUT2D eigenvalue weighted by Crippen LogP contribution is -2.46. The van der Waals surface area contributed by atoms with Gasteiger partial charge in [-0.3, -0.25) is 0 Å². The molecule has 0 bridgehead atoms. The van der Waals surface area contributed by atoms with Crippen LogP contribution in [0, 0.1) is 5.92 Å². The van der Waals surface area contributed by atoms with E-state index in [1.54, 1.807) is 0 Å². The first-order valence-electron chi connectivity index (χ1n) is 6.17. The smallest absolute Gasteiger partial charge is 0.229 e. The summed E-state index contributed by atoms with van der Waals surface area (Å²) < 4.78 is 5.25. The molecule has 2 unspecified atom stereocenters. The summed E-state index contributed by atoms with van der Waals surface area (Å²) in [6.45, 7) is 6.28. The van der Waals surface area contributed by atoms with Gasteiger partial charge in [0.2, 0.25) is 5.89 Å². The molecule has 0 spiro atoms. The normalized spacial score (nSPS) is 30.9. The fourth-order valence-corrected chi connectivity index (χ4v) is 2.36. The largest absolute Gasteiger partial charge is 0.339 e. The minimum absolute atomic E-state index is 0.267. The van der Waals surface area contributed by atoms with E-state index in [0.717, 1.165) is 19.3 Å². The summed E-state index contributed by atoms with van der Waals surface area (Å²) >= 11 is 0. The van der Waals surface area contributed by atoms with Crippen LogP contribution in [0.5, 0.6) is 0 Å². The van der Waals surface area contributed by atoms with Gasteiger partial charge in [-0.05, 0) is 18.8 Å². The Labute approximate surface area is 96.6 Å². The van der Waals surface area contributed by atoms with Crippen LogP contribution in [0.15, 0.2) is 4.52 Å². The van der Waals surface area contributed by atoms with Crippen molar-refractivity contribution in [1.82, 2.24) is 10.1 Å². The molecule has 0 aliphatic heterocycles. The highest BCUT2D eigenvalue weighted by Crippen LogP contribution is 2.38. The summed E-state index contributed by atoms with van der Waals surface area (Å²) in [5, 5.41) is 4.07. The maximum atomic E-state index is 6.45. The summed E-state index contributed by atoms with van der Waals surface area (Å²) in [7, 11) is 0. The van der Waals surface area contributed by atoms with Crippen molar-refractivity contribution < 1.29 is 4.52 Å². The molecule has 1 saturated carbocycles. The molecule has 1 fully saturated rings. The zero-order valence-electron chi connectivity index (χ0n) is 10.4. The van der Waals surface area contributed by atoms with Gasteiger partial charge in [0, 0.05) is 5.92 Å². The van der Waals surface area contributed by atoms with Gasteiger partial charge >= 0.3 is 0 Å². The molecule has 2 atom stereocenters. The fourth-order valence-electron chi connectivity index (χ4n) is 2.36. The van der Waals surface area contributed by atoms with Gasteiger partial charge in [-0.2, -0.15) is 4.98 Å². The second-order valence-electron chi connectivity index (χ2n) is 5.30. The highest BCUT2D eigenvalue weighted by Gasteiger charge is 2.40. The summed E-state index contributed by atoms with van der Waals surface area (Å²) in [5.74, 6) is 2.09.